The number of ether oxygens (including phenoxy) is 1. The summed E-state index contributed by atoms with van der Waals surface area (Å²) >= 11 is 5.97. The number of nitrogens with one attached hydrogen (secondary N) is 1. The van der Waals surface area contributed by atoms with E-state index in [4.69, 9.17) is 16.3 Å². The van der Waals surface area contributed by atoms with E-state index in [0.29, 0.717) is 24.9 Å². The number of amidine groups is 1. The number of anilines is 1. The van der Waals surface area contributed by atoms with Crippen LogP contribution in [0.5, 0.6) is 0 Å². The second-order valence-electron chi connectivity index (χ2n) is 6.81. The number of hydrogen-bond donors (Lipinski definition) is 1. The Labute approximate surface area is 161 Å². The number of piperidine rings is 1. The molecule has 0 aliphatic carbocycles. The molecule has 2 atom stereocenters. The van der Waals surface area contributed by atoms with Crippen molar-refractivity contribution in [1.29, 1.82) is 0 Å². The number of hydrogen-bond acceptors (Lipinski definition) is 4. The highest BCUT2D eigenvalue weighted by atomic mass is 35.5. The lowest BCUT2D eigenvalue weighted by atomic mass is 9.92. The number of carbonyl (C=O) groups excluding carboxylic acids is 1. The molecule has 1 aliphatic heterocycles. The molecule has 0 unspecified atom stereocenters. The zero-order chi connectivity index (χ0) is 20.2. The molecule has 0 spiro atoms. The quantitative estimate of drug-likeness (QED) is 0.345. The van der Waals surface area contributed by atoms with Gasteiger partial charge in [0.25, 0.3) is 0 Å². The number of hydrazone groups is 1. The van der Waals surface area contributed by atoms with Crippen LogP contribution in [-0.2, 0) is 15.7 Å². The molecule has 1 N–H and O–H groups in total. The molecule has 5 nitrogen and oxygen atoms in total. The van der Waals surface area contributed by atoms with E-state index in [1.54, 1.807) is 11.8 Å². The summed E-state index contributed by atoms with van der Waals surface area (Å²) in [6, 6.07) is 2.88. The Hall–Kier alpha value is -1.96. The number of rotatable bonds is 3. The van der Waals surface area contributed by atoms with Crippen molar-refractivity contribution in [2.24, 2.45) is 16.9 Å². The lowest BCUT2D eigenvalue weighted by molar-refractivity contribution is -0.138. The summed E-state index contributed by atoms with van der Waals surface area (Å²) in [4.78, 5) is 14.1. The smallest absolute Gasteiger partial charge is 0.416 e. The number of nitrogens with zero attached hydrogens (tertiary/aromatic N) is 2. The molecular formula is C18H23ClF3N3O2. The van der Waals surface area contributed by atoms with Crippen LogP contribution in [0, 0.1) is 11.8 Å². The lowest BCUT2D eigenvalue weighted by Crippen LogP contribution is -2.46. The number of esters is 1. The normalized spacial score (nSPS) is 21.1. The van der Waals surface area contributed by atoms with Gasteiger partial charge in [0.2, 0.25) is 5.84 Å². The van der Waals surface area contributed by atoms with Crippen LogP contribution < -0.4 is 5.43 Å². The average Bonchev–Trinajstić information content (AvgIpc) is 2.55. The first kappa shape index (κ1) is 21.3. The number of likely N-dealkylation sites (tertiary alicyclic amines) is 1. The third kappa shape index (κ3) is 5.76. The van der Waals surface area contributed by atoms with Crippen LogP contribution in [0.15, 0.2) is 23.3 Å². The van der Waals surface area contributed by atoms with Gasteiger partial charge in [-0.25, -0.2) is 4.79 Å². The van der Waals surface area contributed by atoms with Gasteiger partial charge in [-0.1, -0.05) is 25.4 Å². The van der Waals surface area contributed by atoms with E-state index in [9.17, 15) is 18.0 Å². The minimum absolute atomic E-state index is 0.0312. The molecule has 1 heterocycles. The van der Waals surface area contributed by atoms with Crippen LogP contribution in [0.2, 0.25) is 5.02 Å². The van der Waals surface area contributed by atoms with Gasteiger partial charge in [0.1, 0.15) is 0 Å². The minimum Gasteiger partial charge on any atom is -0.460 e. The number of carbonyl (C=O) groups is 1. The second-order valence-corrected chi connectivity index (χ2v) is 7.22. The molecule has 0 bridgehead atoms. The summed E-state index contributed by atoms with van der Waals surface area (Å²) in [5, 5.41) is 4.12. The zero-order valence-corrected chi connectivity index (χ0v) is 16.2. The molecule has 1 aromatic rings. The van der Waals surface area contributed by atoms with Crippen LogP contribution in [0.4, 0.5) is 18.9 Å². The van der Waals surface area contributed by atoms with E-state index in [2.05, 4.69) is 24.4 Å². The lowest BCUT2D eigenvalue weighted by Gasteiger charge is -2.36. The largest absolute Gasteiger partial charge is 0.460 e. The predicted molar refractivity (Wildman–Crippen MR) is 98.7 cm³/mol. The maximum atomic E-state index is 12.9. The van der Waals surface area contributed by atoms with E-state index in [1.807, 2.05) is 0 Å². The molecule has 1 saturated heterocycles. The first-order valence-corrected chi connectivity index (χ1v) is 9.12. The molecule has 2 rings (SSSR count). The Morgan fingerprint density at radius 1 is 1.33 bits per heavy atom. The molecule has 1 aromatic carbocycles. The topological polar surface area (TPSA) is 53.9 Å². The SMILES string of the molecule is CCOC(=O)/C(=N\Nc1cc(C(F)(F)F)ccc1Cl)N1C[C@H](C)C[C@H](C)C1. The Balaban J connectivity index is 2.31. The molecule has 1 aliphatic rings. The fourth-order valence-electron chi connectivity index (χ4n) is 3.18. The molecule has 0 saturated carbocycles. The highest BCUT2D eigenvalue weighted by Gasteiger charge is 2.31. The fourth-order valence-corrected chi connectivity index (χ4v) is 3.34. The Morgan fingerprint density at radius 2 is 1.96 bits per heavy atom. The molecule has 0 aromatic heterocycles. The van der Waals surface area contributed by atoms with Crippen molar-refractivity contribution in [3.63, 3.8) is 0 Å². The van der Waals surface area contributed by atoms with Gasteiger partial charge in [0.05, 0.1) is 22.9 Å². The van der Waals surface area contributed by atoms with Crippen molar-refractivity contribution in [1.82, 2.24) is 4.90 Å². The maximum absolute atomic E-state index is 12.9. The van der Waals surface area contributed by atoms with Crippen LogP contribution in [-0.4, -0.2) is 36.4 Å². The third-order valence-corrected chi connectivity index (χ3v) is 4.53. The highest BCUT2D eigenvalue weighted by molar-refractivity contribution is 6.35. The van der Waals surface area contributed by atoms with Crippen molar-refractivity contribution in [3.05, 3.63) is 28.8 Å². The summed E-state index contributed by atoms with van der Waals surface area (Å²) < 4.78 is 43.8. The van der Waals surface area contributed by atoms with E-state index in [1.165, 1.54) is 0 Å². The molecule has 27 heavy (non-hydrogen) atoms. The van der Waals surface area contributed by atoms with Gasteiger partial charge in [-0.3, -0.25) is 5.43 Å². The summed E-state index contributed by atoms with van der Waals surface area (Å²) in [6.07, 6.45) is -3.48. The van der Waals surface area contributed by atoms with E-state index in [0.717, 1.165) is 24.6 Å². The molecule has 1 fully saturated rings. The van der Waals surface area contributed by atoms with Crippen molar-refractivity contribution in [2.45, 2.75) is 33.4 Å². The van der Waals surface area contributed by atoms with Gasteiger partial charge in [0.15, 0.2) is 0 Å². The van der Waals surface area contributed by atoms with Gasteiger partial charge >= 0.3 is 12.1 Å². The monoisotopic (exact) mass is 405 g/mol. The Bertz CT molecular complexity index is 700. The fraction of sp³-hybridized carbons (Fsp3) is 0.556. The third-order valence-electron chi connectivity index (χ3n) is 4.20. The van der Waals surface area contributed by atoms with Gasteiger partial charge < -0.3 is 9.64 Å². The number of benzene rings is 1. The summed E-state index contributed by atoms with van der Waals surface area (Å²) in [5.74, 6) is 0.106. The first-order chi connectivity index (χ1) is 12.6. The Morgan fingerprint density at radius 3 is 2.52 bits per heavy atom. The van der Waals surface area contributed by atoms with E-state index in [-0.39, 0.29) is 23.2 Å². The van der Waals surface area contributed by atoms with Crippen molar-refractivity contribution < 1.29 is 22.7 Å². The van der Waals surface area contributed by atoms with Crippen molar-refractivity contribution in [2.75, 3.05) is 25.1 Å². The zero-order valence-electron chi connectivity index (χ0n) is 15.4. The van der Waals surface area contributed by atoms with Crippen LogP contribution in [0.25, 0.3) is 0 Å². The van der Waals surface area contributed by atoms with E-state index >= 15 is 0 Å². The predicted octanol–water partition coefficient (Wildman–Crippen LogP) is 4.63. The van der Waals surface area contributed by atoms with Gasteiger partial charge in [-0.2, -0.15) is 13.2 Å². The minimum atomic E-state index is -4.51. The molecular weight excluding hydrogens is 383 g/mol. The maximum Gasteiger partial charge on any atom is 0.416 e. The van der Waals surface area contributed by atoms with E-state index < -0.39 is 17.7 Å². The molecule has 150 valence electrons. The molecule has 9 heteroatoms. The summed E-state index contributed by atoms with van der Waals surface area (Å²) in [7, 11) is 0. The second kappa shape index (κ2) is 8.82. The highest BCUT2D eigenvalue weighted by Crippen LogP contribution is 2.34. The first-order valence-electron chi connectivity index (χ1n) is 8.74. The standard InChI is InChI=1S/C18H23ClF3N3O2/c1-4-27-17(26)16(25-9-11(2)7-12(3)10-25)24-23-15-8-13(18(20,21)22)5-6-14(15)19/h5-6,8,11-12,23H,4,7,9-10H2,1-3H3/b24-16+/t11-,12+. The van der Waals surface area contributed by atoms with Crippen LogP contribution in [0.1, 0.15) is 32.8 Å². The van der Waals surface area contributed by atoms with Gasteiger partial charge in [0, 0.05) is 13.1 Å². The summed E-state index contributed by atoms with van der Waals surface area (Å²) in [5.41, 5.74) is 1.61. The van der Waals surface area contributed by atoms with Crippen molar-refractivity contribution >= 4 is 29.1 Å². The Kier molecular flexibility index (Phi) is 6.97. The number of alkyl halides is 3. The number of halogens is 4. The molecule has 0 radical (unpaired) electrons. The van der Waals surface area contributed by atoms with Gasteiger partial charge in [-0.15, -0.1) is 5.10 Å². The van der Waals surface area contributed by atoms with Gasteiger partial charge in [-0.05, 0) is 43.4 Å². The molecule has 0 amide bonds. The average molecular weight is 406 g/mol. The summed E-state index contributed by atoms with van der Waals surface area (Å²) in [6.45, 7) is 7.21. The van der Waals surface area contributed by atoms with Crippen LogP contribution in [0.3, 0.4) is 0 Å². The van der Waals surface area contributed by atoms with Crippen LogP contribution >= 0.6 is 11.6 Å². The van der Waals surface area contributed by atoms with Crippen molar-refractivity contribution in [3.8, 4) is 0 Å².